The van der Waals surface area contributed by atoms with Crippen LogP contribution in [0.25, 0.3) is 10.9 Å². The van der Waals surface area contributed by atoms with E-state index >= 15 is 0 Å². The van der Waals surface area contributed by atoms with Crippen molar-refractivity contribution in [1.29, 1.82) is 0 Å². The number of unbranched alkanes of at least 4 members (excludes halogenated alkanes) is 1. The number of nitrogens with one attached hydrogen (secondary N) is 2. The van der Waals surface area contributed by atoms with Crippen molar-refractivity contribution in [2.45, 2.75) is 113 Å². The van der Waals surface area contributed by atoms with Crippen LogP contribution in [0.4, 0.5) is 0 Å². The standard InChI is InChI=1S/C41H59N5.C2H6/c1-10-14-17-34(30(5)6)21-20-32(9)35-22-24-46(25-23-35)41(42-13-4)37(11-2)38(12-3)45-29-40(31(7)8)44-28-33-26-36-18-15-16-19-39(36)43-27-33;1-2/h12-13,15-16,18-21,26-27,35,40,44-45H,7,9-11,14,17,22-25,28-29H2,1-6,8H3;1-2H3/b21-20-,38-12-,41-37+,42-13-;. The number of benzene rings is 1. The molecule has 3 rings (SSSR count). The summed E-state index contributed by atoms with van der Waals surface area (Å²) in [6.07, 6.45) is 17.4. The number of hydrogen-bond donors (Lipinski definition) is 2. The van der Waals surface area contributed by atoms with Gasteiger partial charge in [-0.1, -0.05) is 100 Å². The van der Waals surface area contributed by atoms with Gasteiger partial charge in [0.1, 0.15) is 5.82 Å². The molecule has 1 fully saturated rings. The average Bonchev–Trinajstić information content (AvgIpc) is 3.10. The molecular weight excluding hydrogens is 587 g/mol. The van der Waals surface area contributed by atoms with Crippen molar-refractivity contribution in [1.82, 2.24) is 20.5 Å². The number of allylic oxidation sites excluding steroid dienone is 7. The van der Waals surface area contributed by atoms with Gasteiger partial charge in [-0.05, 0) is 95.9 Å². The van der Waals surface area contributed by atoms with Crippen LogP contribution in [0, 0.1) is 5.92 Å². The second-order valence-electron chi connectivity index (χ2n) is 12.7. The maximum Gasteiger partial charge on any atom is 0.133 e. The number of fused-ring (bicyclic) bond motifs is 1. The highest BCUT2D eigenvalue weighted by Crippen LogP contribution is 2.30. The fraction of sp³-hybridized carbons (Fsp3) is 0.488. The van der Waals surface area contributed by atoms with Gasteiger partial charge in [-0.2, -0.15) is 0 Å². The predicted octanol–water partition coefficient (Wildman–Crippen LogP) is 10.9. The molecule has 1 aromatic carbocycles. The van der Waals surface area contributed by atoms with E-state index in [9.17, 15) is 0 Å². The van der Waals surface area contributed by atoms with E-state index in [4.69, 9.17) is 4.99 Å². The number of nitrogens with zero attached hydrogens (tertiary/aromatic N) is 3. The van der Waals surface area contributed by atoms with Crippen LogP contribution in [0.15, 0.2) is 112 Å². The van der Waals surface area contributed by atoms with Gasteiger partial charge < -0.3 is 15.5 Å². The molecule has 2 heterocycles. The van der Waals surface area contributed by atoms with E-state index in [2.05, 4.69) is 118 Å². The number of rotatable bonds is 17. The normalized spacial score (nSPS) is 15.3. The average molecular weight is 652 g/mol. The minimum Gasteiger partial charge on any atom is -0.383 e. The van der Waals surface area contributed by atoms with Crippen molar-refractivity contribution < 1.29 is 0 Å². The zero-order chi connectivity index (χ0) is 35.5. The lowest BCUT2D eigenvalue weighted by Crippen LogP contribution is -2.39. The summed E-state index contributed by atoms with van der Waals surface area (Å²) in [4.78, 5) is 12.1. The molecule has 0 amide bonds. The van der Waals surface area contributed by atoms with Crippen molar-refractivity contribution in [2.24, 2.45) is 10.9 Å². The van der Waals surface area contributed by atoms with Gasteiger partial charge in [0.25, 0.3) is 0 Å². The van der Waals surface area contributed by atoms with Crippen LogP contribution in [-0.4, -0.2) is 41.8 Å². The predicted molar refractivity (Wildman–Crippen MR) is 212 cm³/mol. The van der Waals surface area contributed by atoms with Gasteiger partial charge in [0.15, 0.2) is 0 Å². The minimum atomic E-state index is 0.112. The van der Waals surface area contributed by atoms with Crippen LogP contribution in [-0.2, 0) is 6.54 Å². The molecule has 0 aliphatic carbocycles. The number of likely N-dealkylation sites (tertiary alicyclic amines) is 1. The van der Waals surface area contributed by atoms with Crippen molar-refractivity contribution in [3.05, 3.63) is 113 Å². The molecule has 2 N–H and O–H groups in total. The number of para-hydroxylation sites is 1. The molecule has 1 aromatic heterocycles. The highest BCUT2D eigenvalue weighted by Gasteiger charge is 2.24. The van der Waals surface area contributed by atoms with E-state index < -0.39 is 0 Å². The number of aromatic nitrogens is 1. The van der Waals surface area contributed by atoms with Crippen LogP contribution < -0.4 is 10.6 Å². The molecule has 1 unspecified atom stereocenters. The first kappa shape index (κ1) is 40.5. The van der Waals surface area contributed by atoms with Crippen LogP contribution in [0.1, 0.15) is 106 Å². The Morgan fingerprint density at radius 2 is 1.77 bits per heavy atom. The fourth-order valence-electron chi connectivity index (χ4n) is 6.08. The third-order valence-corrected chi connectivity index (χ3v) is 9.04. The van der Waals surface area contributed by atoms with Crippen LogP contribution >= 0.6 is 0 Å². The maximum absolute atomic E-state index is 4.95. The summed E-state index contributed by atoms with van der Waals surface area (Å²) in [6, 6.07) is 10.6. The molecule has 0 radical (unpaired) electrons. The van der Waals surface area contributed by atoms with Crippen molar-refractivity contribution in [2.75, 3.05) is 19.6 Å². The summed E-state index contributed by atoms with van der Waals surface area (Å²) in [6.45, 7) is 31.3. The summed E-state index contributed by atoms with van der Waals surface area (Å²) >= 11 is 0. The Hall–Kier alpha value is -3.70. The lowest BCUT2D eigenvalue weighted by Gasteiger charge is -2.35. The van der Waals surface area contributed by atoms with Gasteiger partial charge >= 0.3 is 0 Å². The third-order valence-electron chi connectivity index (χ3n) is 9.04. The molecule has 48 heavy (non-hydrogen) atoms. The molecular formula is C43H65N5. The molecule has 1 saturated heterocycles. The van der Waals surface area contributed by atoms with Crippen LogP contribution in [0.2, 0.25) is 0 Å². The van der Waals surface area contributed by atoms with Gasteiger partial charge in [-0.3, -0.25) is 4.98 Å². The lowest BCUT2D eigenvalue weighted by atomic mass is 9.89. The van der Waals surface area contributed by atoms with Crippen molar-refractivity contribution in [3.63, 3.8) is 0 Å². The zero-order valence-corrected chi connectivity index (χ0v) is 31.8. The molecule has 1 aliphatic rings. The van der Waals surface area contributed by atoms with Crippen molar-refractivity contribution >= 4 is 17.1 Å². The monoisotopic (exact) mass is 652 g/mol. The van der Waals surface area contributed by atoms with E-state index in [0.29, 0.717) is 5.92 Å². The summed E-state index contributed by atoms with van der Waals surface area (Å²) in [5.74, 6) is 1.59. The minimum absolute atomic E-state index is 0.112. The first-order valence-electron chi connectivity index (χ1n) is 18.3. The summed E-state index contributed by atoms with van der Waals surface area (Å²) in [7, 11) is 0. The highest BCUT2D eigenvalue weighted by atomic mass is 15.2. The van der Waals surface area contributed by atoms with Gasteiger partial charge in [-0.25, -0.2) is 4.99 Å². The fourth-order valence-corrected chi connectivity index (χ4v) is 6.08. The first-order chi connectivity index (χ1) is 23.2. The van der Waals surface area contributed by atoms with E-state index in [-0.39, 0.29) is 6.04 Å². The molecule has 262 valence electrons. The smallest absolute Gasteiger partial charge is 0.133 e. The van der Waals surface area contributed by atoms with E-state index in [1.165, 1.54) is 40.7 Å². The Bertz CT molecular complexity index is 1460. The second-order valence-corrected chi connectivity index (χ2v) is 12.7. The molecule has 0 bridgehead atoms. The number of hydrogen-bond acceptors (Lipinski definition) is 5. The Kier molecular flexibility index (Phi) is 18.6. The van der Waals surface area contributed by atoms with E-state index in [0.717, 1.165) is 79.9 Å². The maximum atomic E-state index is 4.95. The van der Waals surface area contributed by atoms with Crippen LogP contribution in [0.3, 0.4) is 0 Å². The van der Waals surface area contributed by atoms with Gasteiger partial charge in [0, 0.05) is 61.3 Å². The van der Waals surface area contributed by atoms with E-state index in [1.54, 1.807) is 0 Å². The second kappa shape index (κ2) is 22.0. The van der Waals surface area contributed by atoms with Gasteiger partial charge in [0.05, 0.1) is 5.52 Å². The first-order valence-corrected chi connectivity index (χ1v) is 18.3. The molecule has 5 nitrogen and oxygen atoms in total. The molecule has 2 aromatic rings. The molecule has 1 aliphatic heterocycles. The Morgan fingerprint density at radius 3 is 2.38 bits per heavy atom. The highest BCUT2D eigenvalue weighted by molar-refractivity contribution is 5.78. The Morgan fingerprint density at radius 1 is 1.06 bits per heavy atom. The Labute approximate surface area is 293 Å². The topological polar surface area (TPSA) is 52.5 Å². The largest absolute Gasteiger partial charge is 0.383 e. The molecule has 0 spiro atoms. The Balaban J connectivity index is 0.00000392. The summed E-state index contributed by atoms with van der Waals surface area (Å²) in [5.41, 5.74) is 9.80. The summed E-state index contributed by atoms with van der Waals surface area (Å²) < 4.78 is 0. The lowest BCUT2D eigenvalue weighted by molar-refractivity contribution is 0.243. The van der Waals surface area contributed by atoms with Gasteiger partial charge in [0.2, 0.25) is 0 Å². The van der Waals surface area contributed by atoms with Crippen molar-refractivity contribution in [3.8, 4) is 0 Å². The molecule has 0 saturated carbocycles. The number of pyridine rings is 1. The third kappa shape index (κ3) is 12.4. The quantitative estimate of drug-likeness (QED) is 0.102. The number of piperidine rings is 1. The van der Waals surface area contributed by atoms with Crippen LogP contribution in [0.5, 0.6) is 0 Å². The molecule has 5 heteroatoms. The number of aliphatic imine (C=N–C) groups is 1. The van der Waals surface area contributed by atoms with Gasteiger partial charge in [-0.15, -0.1) is 0 Å². The van der Waals surface area contributed by atoms with E-state index in [1.807, 2.05) is 39.2 Å². The summed E-state index contributed by atoms with van der Waals surface area (Å²) in [5, 5.41) is 8.62. The SMILES string of the molecule is C=C(/C=C\C(CCCC)=C(C)C)C1CCN(C(/N=C\C)=C(CC)/C(=C/C)NCC(NCc2cnc3ccccc3c2)C(=C)C)CC1.CC. The molecule has 1 atom stereocenters. The zero-order valence-electron chi connectivity index (χ0n) is 31.8.